The number of rotatable bonds is 10. The molecule has 27 heavy (non-hydrogen) atoms. The highest BCUT2D eigenvalue weighted by atomic mass is 35.5. The molecule has 0 aliphatic rings. The largest absolute Gasteiger partial charge is 0.454 e. The van der Waals surface area contributed by atoms with Crippen molar-refractivity contribution in [2.45, 2.75) is 59.0 Å². The van der Waals surface area contributed by atoms with Crippen LogP contribution in [0.3, 0.4) is 0 Å². The Hall–Kier alpha value is -2.08. The molecule has 1 aromatic carbocycles. The van der Waals surface area contributed by atoms with Gasteiger partial charge in [-0.25, -0.2) is 4.79 Å². The predicted molar refractivity (Wildman–Crippen MR) is 106 cm³/mol. The van der Waals surface area contributed by atoms with Crippen LogP contribution in [0.15, 0.2) is 24.3 Å². The minimum Gasteiger partial charge on any atom is -0.454 e. The topological polar surface area (TPSA) is 84.5 Å². The Labute approximate surface area is 166 Å². The minimum absolute atomic E-state index is 0.0242. The van der Waals surface area contributed by atoms with Gasteiger partial charge in [-0.15, -0.1) is 0 Å². The molecule has 0 spiro atoms. The molecule has 2 N–H and O–H groups in total. The molecule has 7 heteroatoms. The Morgan fingerprint density at radius 2 is 1.70 bits per heavy atom. The Morgan fingerprint density at radius 3 is 2.26 bits per heavy atom. The molecule has 0 aliphatic carbocycles. The zero-order chi connectivity index (χ0) is 20.4. The normalized spacial score (nSPS) is 14.0. The van der Waals surface area contributed by atoms with Gasteiger partial charge in [0.05, 0.1) is 0 Å². The summed E-state index contributed by atoms with van der Waals surface area (Å²) in [5, 5.41) is 6.00. The van der Waals surface area contributed by atoms with Gasteiger partial charge in [-0.3, -0.25) is 9.59 Å². The van der Waals surface area contributed by atoms with E-state index in [9.17, 15) is 14.4 Å². The Kier molecular flexibility index (Phi) is 9.86. The van der Waals surface area contributed by atoms with Crippen LogP contribution in [-0.2, 0) is 14.3 Å². The first kappa shape index (κ1) is 23.0. The van der Waals surface area contributed by atoms with Gasteiger partial charge in [-0.2, -0.15) is 0 Å². The van der Waals surface area contributed by atoms with Crippen molar-refractivity contribution >= 4 is 29.4 Å². The molecule has 6 nitrogen and oxygen atoms in total. The Morgan fingerprint density at radius 1 is 1.07 bits per heavy atom. The van der Waals surface area contributed by atoms with Crippen LogP contribution in [0.2, 0.25) is 5.02 Å². The summed E-state index contributed by atoms with van der Waals surface area (Å²) in [5.74, 6) is -1.51. The molecule has 150 valence electrons. The monoisotopic (exact) mass is 396 g/mol. The van der Waals surface area contributed by atoms with Crippen molar-refractivity contribution in [1.29, 1.82) is 0 Å². The van der Waals surface area contributed by atoms with Crippen LogP contribution in [0.1, 0.15) is 57.3 Å². The number of halogens is 1. The van der Waals surface area contributed by atoms with E-state index in [-0.39, 0.29) is 24.5 Å². The van der Waals surface area contributed by atoms with Gasteiger partial charge in [0.25, 0.3) is 11.8 Å². The lowest BCUT2D eigenvalue weighted by molar-refractivity contribution is -0.151. The van der Waals surface area contributed by atoms with Crippen LogP contribution in [0, 0.1) is 5.92 Å². The van der Waals surface area contributed by atoms with Crippen LogP contribution < -0.4 is 10.6 Å². The molecule has 3 atom stereocenters. The van der Waals surface area contributed by atoms with Crippen molar-refractivity contribution in [3.8, 4) is 0 Å². The number of esters is 1. The number of ether oxygens (including phenoxy) is 1. The smallest absolute Gasteiger partial charge is 0.329 e. The van der Waals surface area contributed by atoms with E-state index in [1.807, 2.05) is 27.7 Å². The maximum Gasteiger partial charge on any atom is 0.329 e. The van der Waals surface area contributed by atoms with E-state index in [0.29, 0.717) is 17.0 Å². The standard InChI is InChI=1S/C20H29ClN2O4/c1-5-7-14(4)22-17(24)12-27-20(26)18(13(3)6-2)23-19(25)15-8-10-16(21)11-9-15/h8-11,13-14,18H,5-7,12H2,1-4H3,(H,22,24)(H,23,25)/t13-,14?,18-/m0/s1. The molecule has 0 aromatic heterocycles. The molecule has 1 aromatic rings. The van der Waals surface area contributed by atoms with Crippen LogP contribution >= 0.6 is 11.6 Å². The van der Waals surface area contributed by atoms with E-state index in [2.05, 4.69) is 10.6 Å². The summed E-state index contributed by atoms with van der Waals surface area (Å²) in [6.45, 7) is 7.33. The molecule has 2 amide bonds. The number of amides is 2. The molecule has 0 aliphatic heterocycles. The third-order valence-corrected chi connectivity index (χ3v) is 4.59. The molecule has 1 unspecified atom stereocenters. The first-order valence-electron chi connectivity index (χ1n) is 9.30. The molecule has 0 fully saturated rings. The average Bonchev–Trinajstić information content (AvgIpc) is 2.64. The van der Waals surface area contributed by atoms with Gasteiger partial charge in [0, 0.05) is 16.6 Å². The van der Waals surface area contributed by atoms with Crippen LogP contribution in [0.5, 0.6) is 0 Å². The van der Waals surface area contributed by atoms with Crippen molar-refractivity contribution < 1.29 is 19.1 Å². The Balaban J connectivity index is 2.67. The number of hydrogen-bond donors (Lipinski definition) is 2. The maximum atomic E-state index is 12.4. The zero-order valence-electron chi connectivity index (χ0n) is 16.4. The van der Waals surface area contributed by atoms with Gasteiger partial charge in [-0.1, -0.05) is 45.2 Å². The molecular formula is C20H29ClN2O4. The van der Waals surface area contributed by atoms with Crippen LogP contribution in [0.4, 0.5) is 0 Å². The van der Waals surface area contributed by atoms with Gasteiger partial charge in [0.15, 0.2) is 6.61 Å². The third kappa shape index (κ3) is 7.99. The van der Waals surface area contributed by atoms with Crippen molar-refractivity contribution in [3.05, 3.63) is 34.9 Å². The molecule has 0 heterocycles. The van der Waals surface area contributed by atoms with Gasteiger partial charge >= 0.3 is 5.97 Å². The average molecular weight is 397 g/mol. The maximum absolute atomic E-state index is 12.4. The first-order chi connectivity index (χ1) is 12.8. The van der Waals surface area contributed by atoms with Crippen LogP contribution in [0.25, 0.3) is 0 Å². The van der Waals surface area contributed by atoms with Crippen molar-refractivity contribution in [3.63, 3.8) is 0 Å². The van der Waals surface area contributed by atoms with Gasteiger partial charge in [0.2, 0.25) is 0 Å². The second-order valence-corrected chi connectivity index (χ2v) is 7.14. The molecule has 0 saturated carbocycles. The highest BCUT2D eigenvalue weighted by Crippen LogP contribution is 2.13. The van der Waals surface area contributed by atoms with E-state index >= 15 is 0 Å². The summed E-state index contributed by atoms with van der Waals surface area (Å²) in [5.41, 5.74) is 0.395. The van der Waals surface area contributed by atoms with E-state index in [4.69, 9.17) is 16.3 Å². The second kappa shape index (κ2) is 11.6. The quantitative estimate of drug-likeness (QED) is 0.594. The zero-order valence-corrected chi connectivity index (χ0v) is 17.1. The summed E-state index contributed by atoms with van der Waals surface area (Å²) >= 11 is 5.83. The number of hydrogen-bond acceptors (Lipinski definition) is 4. The highest BCUT2D eigenvalue weighted by Gasteiger charge is 2.28. The summed E-state index contributed by atoms with van der Waals surface area (Å²) in [4.78, 5) is 36.7. The lowest BCUT2D eigenvalue weighted by Crippen LogP contribution is -2.47. The predicted octanol–water partition coefficient (Wildman–Crippen LogP) is 3.33. The molecule has 1 rings (SSSR count). The van der Waals surface area contributed by atoms with Gasteiger partial charge in [0.1, 0.15) is 6.04 Å². The summed E-state index contributed by atoms with van der Waals surface area (Å²) < 4.78 is 5.14. The summed E-state index contributed by atoms with van der Waals surface area (Å²) in [6, 6.07) is 5.57. The number of benzene rings is 1. The Bertz CT molecular complexity index is 633. The fourth-order valence-electron chi connectivity index (χ4n) is 2.54. The van der Waals surface area contributed by atoms with E-state index < -0.39 is 17.9 Å². The van der Waals surface area contributed by atoms with E-state index in [1.165, 1.54) is 0 Å². The number of carbonyl (C=O) groups is 3. The van der Waals surface area contributed by atoms with E-state index in [1.54, 1.807) is 24.3 Å². The van der Waals surface area contributed by atoms with E-state index in [0.717, 1.165) is 12.8 Å². The van der Waals surface area contributed by atoms with Gasteiger partial charge < -0.3 is 15.4 Å². The second-order valence-electron chi connectivity index (χ2n) is 6.71. The fraction of sp³-hybridized carbons (Fsp3) is 0.550. The van der Waals surface area contributed by atoms with Crippen molar-refractivity contribution in [1.82, 2.24) is 10.6 Å². The summed E-state index contributed by atoms with van der Waals surface area (Å²) in [7, 11) is 0. The lowest BCUT2D eigenvalue weighted by Gasteiger charge is -2.23. The lowest BCUT2D eigenvalue weighted by atomic mass is 9.99. The first-order valence-corrected chi connectivity index (χ1v) is 9.68. The molecule has 0 radical (unpaired) electrons. The highest BCUT2D eigenvalue weighted by molar-refractivity contribution is 6.30. The molecule has 0 saturated heterocycles. The van der Waals surface area contributed by atoms with Gasteiger partial charge in [-0.05, 0) is 43.5 Å². The van der Waals surface area contributed by atoms with Crippen molar-refractivity contribution in [2.24, 2.45) is 5.92 Å². The SMILES string of the molecule is CCCC(C)NC(=O)COC(=O)[C@@H](NC(=O)c1ccc(Cl)cc1)[C@@H](C)CC. The fourth-order valence-corrected chi connectivity index (χ4v) is 2.67. The summed E-state index contributed by atoms with van der Waals surface area (Å²) in [6.07, 6.45) is 2.47. The van der Waals surface area contributed by atoms with Crippen molar-refractivity contribution in [2.75, 3.05) is 6.61 Å². The third-order valence-electron chi connectivity index (χ3n) is 4.33. The molecular weight excluding hydrogens is 368 g/mol. The minimum atomic E-state index is -0.834. The van der Waals surface area contributed by atoms with Crippen LogP contribution in [-0.4, -0.2) is 36.5 Å². The number of nitrogens with one attached hydrogen (secondary N) is 2. The molecule has 0 bridgehead atoms. The number of carbonyl (C=O) groups excluding carboxylic acids is 3.